The van der Waals surface area contributed by atoms with Gasteiger partial charge in [0.25, 0.3) is 0 Å². The van der Waals surface area contributed by atoms with Crippen LogP contribution in [0.5, 0.6) is 0 Å². The van der Waals surface area contributed by atoms with Crippen molar-refractivity contribution in [3.8, 4) is 0 Å². The predicted octanol–water partition coefficient (Wildman–Crippen LogP) is 1.93. The van der Waals surface area contributed by atoms with Crippen LogP contribution in [0.3, 0.4) is 0 Å². The Kier molecular flexibility index (Phi) is 4.60. The molecule has 0 radical (unpaired) electrons. The number of carbonyl (C=O) groups excluding carboxylic acids is 3. The van der Waals surface area contributed by atoms with Gasteiger partial charge in [-0.25, -0.2) is 0 Å². The molecule has 0 spiro atoms. The van der Waals surface area contributed by atoms with Gasteiger partial charge in [-0.3, -0.25) is 24.6 Å². The number of hydrogen-bond donors (Lipinski definition) is 1. The smallest absolute Gasteiger partial charge is 0.326 e. The fraction of sp³-hybridized carbons (Fsp3) is 0.500. The van der Waals surface area contributed by atoms with E-state index in [1.165, 1.54) is 14.2 Å². The first-order chi connectivity index (χ1) is 11.9. The first kappa shape index (κ1) is 17.9. The second-order valence-electron chi connectivity index (χ2n) is 6.63. The number of halogens is 1. The van der Waals surface area contributed by atoms with Crippen molar-refractivity contribution in [2.45, 2.75) is 31.3 Å². The lowest BCUT2D eigenvalue weighted by Crippen LogP contribution is -2.56. The molecule has 0 bridgehead atoms. The molecule has 2 aliphatic heterocycles. The zero-order valence-corrected chi connectivity index (χ0v) is 15.2. The van der Waals surface area contributed by atoms with E-state index in [-0.39, 0.29) is 11.8 Å². The standard InChI is InChI=1S/C18H21ClN2O4/c1-4-9-18(17(24)25-3)13-12(15(22)21(2)16(13)23)14(20-18)10-5-7-11(19)8-6-10/h5-8,12-14,20H,4,9H2,1-3H3/t12-,13-,14+,18-/m0/s1. The van der Waals surface area contributed by atoms with Gasteiger partial charge in [-0.05, 0) is 24.1 Å². The van der Waals surface area contributed by atoms with Gasteiger partial charge in [0.15, 0.2) is 0 Å². The molecule has 7 heteroatoms. The predicted molar refractivity (Wildman–Crippen MR) is 91.7 cm³/mol. The highest BCUT2D eigenvalue weighted by Crippen LogP contribution is 2.50. The number of carbonyl (C=O) groups is 3. The van der Waals surface area contributed by atoms with E-state index >= 15 is 0 Å². The monoisotopic (exact) mass is 364 g/mol. The normalized spacial score (nSPS) is 31.4. The maximum Gasteiger partial charge on any atom is 0.326 e. The molecule has 0 saturated carbocycles. The van der Waals surface area contributed by atoms with Crippen molar-refractivity contribution in [2.24, 2.45) is 11.8 Å². The van der Waals surface area contributed by atoms with Gasteiger partial charge in [0, 0.05) is 18.1 Å². The minimum atomic E-state index is -1.20. The Bertz CT molecular complexity index is 720. The first-order valence-electron chi connectivity index (χ1n) is 8.30. The third-order valence-corrected chi connectivity index (χ3v) is 5.55. The highest BCUT2D eigenvalue weighted by atomic mass is 35.5. The van der Waals surface area contributed by atoms with Gasteiger partial charge in [-0.2, -0.15) is 0 Å². The number of methoxy groups -OCH3 is 1. The van der Waals surface area contributed by atoms with Crippen molar-refractivity contribution in [1.29, 1.82) is 0 Å². The summed E-state index contributed by atoms with van der Waals surface area (Å²) < 4.78 is 5.02. The van der Waals surface area contributed by atoms with Gasteiger partial charge in [-0.15, -0.1) is 0 Å². The minimum absolute atomic E-state index is 0.274. The van der Waals surface area contributed by atoms with Crippen molar-refractivity contribution in [3.05, 3.63) is 34.9 Å². The number of amides is 2. The van der Waals surface area contributed by atoms with E-state index in [1.54, 1.807) is 12.1 Å². The molecule has 6 nitrogen and oxygen atoms in total. The fourth-order valence-corrected chi connectivity index (χ4v) is 4.33. The third-order valence-electron chi connectivity index (χ3n) is 5.30. The van der Waals surface area contributed by atoms with Crippen LogP contribution in [-0.2, 0) is 19.1 Å². The summed E-state index contributed by atoms with van der Waals surface area (Å²) in [5.74, 6) is -2.51. The summed E-state index contributed by atoms with van der Waals surface area (Å²) in [7, 11) is 2.77. The number of benzene rings is 1. The number of nitrogens with zero attached hydrogens (tertiary/aromatic N) is 1. The molecule has 0 unspecified atom stereocenters. The van der Waals surface area contributed by atoms with E-state index in [2.05, 4.69) is 5.32 Å². The Balaban J connectivity index is 2.13. The van der Waals surface area contributed by atoms with Gasteiger partial charge in [0.05, 0.1) is 18.9 Å². The van der Waals surface area contributed by atoms with Crippen molar-refractivity contribution in [3.63, 3.8) is 0 Å². The number of ether oxygens (including phenoxy) is 1. The molecule has 4 atom stereocenters. The van der Waals surface area contributed by atoms with Crippen LogP contribution in [0.2, 0.25) is 5.02 Å². The van der Waals surface area contributed by atoms with Gasteiger partial charge in [0.2, 0.25) is 11.8 Å². The number of hydrogen-bond acceptors (Lipinski definition) is 5. The zero-order chi connectivity index (χ0) is 18.4. The molecule has 1 aromatic carbocycles. The van der Waals surface area contributed by atoms with E-state index in [1.807, 2.05) is 19.1 Å². The second kappa shape index (κ2) is 6.42. The fourth-order valence-electron chi connectivity index (χ4n) is 4.20. The Morgan fingerprint density at radius 3 is 2.48 bits per heavy atom. The molecular weight excluding hydrogens is 344 g/mol. The molecule has 1 N–H and O–H groups in total. The Labute approximate surface area is 151 Å². The minimum Gasteiger partial charge on any atom is -0.468 e. The lowest BCUT2D eigenvalue weighted by Gasteiger charge is -2.31. The Morgan fingerprint density at radius 1 is 1.28 bits per heavy atom. The maximum absolute atomic E-state index is 12.8. The highest BCUT2D eigenvalue weighted by Gasteiger charge is 2.67. The molecule has 2 saturated heterocycles. The molecular formula is C18H21ClN2O4. The summed E-state index contributed by atoms with van der Waals surface area (Å²) in [6.45, 7) is 1.93. The molecule has 2 aliphatic rings. The van der Waals surface area contributed by atoms with Gasteiger partial charge >= 0.3 is 5.97 Å². The van der Waals surface area contributed by atoms with Gasteiger partial charge < -0.3 is 4.74 Å². The average molecular weight is 365 g/mol. The SMILES string of the molecule is CCC[C@]1(C(=O)OC)N[C@H](c2ccc(Cl)cc2)[C@H]2C(=O)N(C)C(=O)[C@H]21. The van der Waals surface area contributed by atoms with E-state index in [0.717, 1.165) is 10.5 Å². The topological polar surface area (TPSA) is 75.7 Å². The van der Waals surface area contributed by atoms with Gasteiger partial charge in [-0.1, -0.05) is 37.1 Å². The van der Waals surface area contributed by atoms with Crippen LogP contribution in [0, 0.1) is 11.8 Å². The Morgan fingerprint density at radius 2 is 1.92 bits per heavy atom. The summed E-state index contributed by atoms with van der Waals surface area (Å²) in [4.78, 5) is 39.3. The second-order valence-corrected chi connectivity index (χ2v) is 7.06. The largest absolute Gasteiger partial charge is 0.468 e. The summed E-state index contributed by atoms with van der Waals surface area (Å²) >= 11 is 5.96. The van der Waals surface area contributed by atoms with Crippen molar-refractivity contribution in [2.75, 3.05) is 14.2 Å². The van der Waals surface area contributed by atoms with E-state index in [9.17, 15) is 14.4 Å². The zero-order valence-electron chi connectivity index (χ0n) is 14.4. The molecule has 2 fully saturated rings. The average Bonchev–Trinajstić information content (AvgIpc) is 3.06. The first-order valence-corrected chi connectivity index (χ1v) is 8.68. The van der Waals surface area contributed by atoms with Crippen LogP contribution < -0.4 is 5.32 Å². The van der Waals surface area contributed by atoms with E-state index in [4.69, 9.17) is 16.3 Å². The number of nitrogens with one attached hydrogen (secondary N) is 1. The molecule has 2 amide bonds. The van der Waals surface area contributed by atoms with Crippen LogP contribution in [0.15, 0.2) is 24.3 Å². The summed E-state index contributed by atoms with van der Waals surface area (Å²) in [5.41, 5.74) is -0.381. The van der Waals surface area contributed by atoms with E-state index in [0.29, 0.717) is 17.9 Å². The summed E-state index contributed by atoms with van der Waals surface area (Å²) in [6, 6.07) is 6.64. The quantitative estimate of drug-likeness (QED) is 0.652. The molecule has 2 heterocycles. The van der Waals surface area contributed by atoms with Crippen molar-refractivity contribution >= 4 is 29.4 Å². The molecule has 0 aromatic heterocycles. The summed E-state index contributed by atoms with van der Waals surface area (Å²) in [6.07, 6.45) is 1.08. The summed E-state index contributed by atoms with van der Waals surface area (Å²) in [5, 5.41) is 3.87. The third kappa shape index (κ3) is 2.55. The van der Waals surface area contributed by atoms with Crippen LogP contribution in [0.25, 0.3) is 0 Å². The lowest BCUT2D eigenvalue weighted by atomic mass is 9.77. The number of esters is 1. The van der Waals surface area contributed by atoms with Crippen molar-refractivity contribution < 1.29 is 19.1 Å². The van der Waals surface area contributed by atoms with Crippen LogP contribution >= 0.6 is 11.6 Å². The molecule has 1 aromatic rings. The number of fused-ring (bicyclic) bond motifs is 1. The van der Waals surface area contributed by atoms with Crippen LogP contribution in [0.4, 0.5) is 0 Å². The maximum atomic E-state index is 12.8. The number of imide groups is 1. The molecule has 25 heavy (non-hydrogen) atoms. The molecule has 0 aliphatic carbocycles. The molecule has 134 valence electrons. The Hall–Kier alpha value is -1.92. The van der Waals surface area contributed by atoms with Crippen LogP contribution in [-0.4, -0.2) is 42.4 Å². The number of rotatable bonds is 4. The van der Waals surface area contributed by atoms with Gasteiger partial charge in [0.1, 0.15) is 5.54 Å². The van der Waals surface area contributed by atoms with Crippen LogP contribution in [0.1, 0.15) is 31.4 Å². The lowest BCUT2D eigenvalue weighted by molar-refractivity contribution is -0.154. The number of likely N-dealkylation sites (tertiary alicyclic amines) is 1. The van der Waals surface area contributed by atoms with E-state index < -0.39 is 29.4 Å². The molecule has 3 rings (SSSR count). The highest BCUT2D eigenvalue weighted by molar-refractivity contribution is 6.30. The van der Waals surface area contributed by atoms with Crippen molar-refractivity contribution in [1.82, 2.24) is 10.2 Å².